The zero-order valence-electron chi connectivity index (χ0n) is 16.0. The fraction of sp³-hybridized carbons (Fsp3) is 0.278. The Balaban J connectivity index is 1.69. The van der Waals surface area contributed by atoms with E-state index in [-0.39, 0.29) is 21.4 Å². The Hall–Kier alpha value is -2.80. The average Bonchev–Trinajstić information content (AvgIpc) is 2.75. The Labute approximate surface area is 179 Å². The van der Waals surface area contributed by atoms with E-state index in [0.29, 0.717) is 37.7 Å². The minimum absolute atomic E-state index is 0.118. The summed E-state index contributed by atoms with van der Waals surface area (Å²) in [6.07, 6.45) is 0. The lowest BCUT2D eigenvalue weighted by molar-refractivity contribution is -0.384. The van der Waals surface area contributed by atoms with E-state index < -0.39 is 14.9 Å². The number of methoxy groups -OCH3 is 1. The van der Waals surface area contributed by atoms with Gasteiger partial charge in [0.15, 0.2) is 5.11 Å². The van der Waals surface area contributed by atoms with Crippen LogP contribution in [-0.2, 0) is 14.8 Å². The number of hydrogen-bond donors (Lipinski definition) is 2. The molecule has 1 heterocycles. The molecule has 10 nitrogen and oxygen atoms in total. The van der Waals surface area contributed by atoms with E-state index in [1.165, 1.54) is 35.7 Å². The van der Waals surface area contributed by atoms with E-state index >= 15 is 0 Å². The van der Waals surface area contributed by atoms with Crippen LogP contribution in [-0.4, -0.2) is 56.2 Å². The van der Waals surface area contributed by atoms with Gasteiger partial charge >= 0.3 is 0 Å². The van der Waals surface area contributed by atoms with Gasteiger partial charge < -0.3 is 20.1 Å². The summed E-state index contributed by atoms with van der Waals surface area (Å²) in [5.74, 6) is 0.350. The zero-order chi connectivity index (χ0) is 21.7. The van der Waals surface area contributed by atoms with Gasteiger partial charge in [-0.15, -0.1) is 0 Å². The molecule has 1 aliphatic rings. The van der Waals surface area contributed by atoms with Crippen molar-refractivity contribution in [2.24, 2.45) is 0 Å². The van der Waals surface area contributed by atoms with Crippen LogP contribution < -0.4 is 15.4 Å². The van der Waals surface area contributed by atoms with Gasteiger partial charge in [-0.05, 0) is 48.6 Å². The molecule has 0 atom stereocenters. The second-order valence-corrected chi connectivity index (χ2v) is 8.61. The van der Waals surface area contributed by atoms with Crippen LogP contribution in [0.2, 0.25) is 0 Å². The Morgan fingerprint density at radius 2 is 1.83 bits per heavy atom. The van der Waals surface area contributed by atoms with Crippen molar-refractivity contribution in [2.45, 2.75) is 4.90 Å². The highest BCUT2D eigenvalue weighted by atomic mass is 32.2. The molecule has 3 rings (SSSR count). The molecule has 0 spiro atoms. The number of rotatable bonds is 6. The maximum absolute atomic E-state index is 12.7. The quantitative estimate of drug-likeness (QED) is 0.386. The third kappa shape index (κ3) is 5.02. The van der Waals surface area contributed by atoms with Crippen molar-refractivity contribution >= 4 is 44.4 Å². The third-order valence-corrected chi connectivity index (χ3v) is 6.49. The van der Waals surface area contributed by atoms with Gasteiger partial charge in [-0.1, -0.05) is 0 Å². The van der Waals surface area contributed by atoms with Gasteiger partial charge in [0.05, 0.1) is 36.2 Å². The SMILES string of the molecule is COc1ccc(NC(=S)Nc2ccc(S(=O)(=O)N3CCOCC3)cc2)c([N+](=O)[O-])c1. The number of morpholine rings is 1. The maximum Gasteiger partial charge on any atom is 0.296 e. The highest BCUT2D eigenvalue weighted by molar-refractivity contribution is 7.89. The molecule has 1 aliphatic heterocycles. The number of sulfonamides is 1. The first-order valence-electron chi connectivity index (χ1n) is 8.89. The van der Waals surface area contributed by atoms with E-state index in [1.54, 1.807) is 18.2 Å². The van der Waals surface area contributed by atoms with Crippen LogP contribution in [0.5, 0.6) is 5.75 Å². The molecule has 0 aromatic heterocycles. The summed E-state index contributed by atoms with van der Waals surface area (Å²) in [6, 6.07) is 10.5. The fourth-order valence-electron chi connectivity index (χ4n) is 2.83. The van der Waals surface area contributed by atoms with Crippen LogP contribution in [0.1, 0.15) is 0 Å². The van der Waals surface area contributed by atoms with Gasteiger partial charge in [0, 0.05) is 18.8 Å². The molecule has 0 bridgehead atoms. The van der Waals surface area contributed by atoms with Gasteiger partial charge in [0.1, 0.15) is 11.4 Å². The predicted molar refractivity (Wildman–Crippen MR) is 116 cm³/mol. The minimum Gasteiger partial charge on any atom is -0.496 e. The summed E-state index contributed by atoms with van der Waals surface area (Å²) in [7, 11) is -2.17. The van der Waals surface area contributed by atoms with Crippen LogP contribution in [0.4, 0.5) is 17.1 Å². The first-order chi connectivity index (χ1) is 14.3. The Kier molecular flexibility index (Phi) is 6.82. The van der Waals surface area contributed by atoms with Crippen molar-refractivity contribution in [1.29, 1.82) is 0 Å². The second-order valence-electron chi connectivity index (χ2n) is 6.26. The zero-order valence-corrected chi connectivity index (χ0v) is 17.7. The summed E-state index contributed by atoms with van der Waals surface area (Å²) in [4.78, 5) is 10.9. The lowest BCUT2D eigenvalue weighted by Gasteiger charge is -2.26. The van der Waals surface area contributed by atoms with E-state index in [2.05, 4.69) is 10.6 Å². The summed E-state index contributed by atoms with van der Waals surface area (Å²) in [6.45, 7) is 1.38. The molecule has 2 N–H and O–H groups in total. The molecule has 2 aromatic rings. The van der Waals surface area contributed by atoms with Gasteiger partial charge in [0.25, 0.3) is 5.69 Å². The number of benzene rings is 2. The lowest BCUT2D eigenvalue weighted by Crippen LogP contribution is -2.40. The minimum atomic E-state index is -3.59. The smallest absolute Gasteiger partial charge is 0.296 e. The van der Waals surface area contributed by atoms with Crippen LogP contribution in [0, 0.1) is 10.1 Å². The molecule has 0 aliphatic carbocycles. The summed E-state index contributed by atoms with van der Waals surface area (Å²) in [5.41, 5.74) is 0.542. The van der Waals surface area contributed by atoms with Crippen LogP contribution in [0.3, 0.4) is 0 Å². The standard InChI is InChI=1S/C18H20N4O6S2/c1-27-14-4-7-16(17(12-14)22(23)24)20-18(29)19-13-2-5-15(6-3-13)30(25,26)21-8-10-28-11-9-21/h2-7,12H,8-11H2,1H3,(H2,19,20,29). The highest BCUT2D eigenvalue weighted by Crippen LogP contribution is 2.29. The highest BCUT2D eigenvalue weighted by Gasteiger charge is 2.26. The Bertz CT molecular complexity index is 1040. The van der Waals surface area contributed by atoms with Crippen molar-refractivity contribution in [3.05, 3.63) is 52.6 Å². The molecule has 30 heavy (non-hydrogen) atoms. The van der Waals surface area contributed by atoms with Gasteiger partial charge in [-0.3, -0.25) is 10.1 Å². The molecule has 0 unspecified atom stereocenters. The van der Waals surface area contributed by atoms with Crippen LogP contribution in [0.25, 0.3) is 0 Å². The number of nitrogens with zero attached hydrogens (tertiary/aromatic N) is 2. The molecule has 1 saturated heterocycles. The molecule has 0 amide bonds. The predicted octanol–water partition coefficient (Wildman–Crippen LogP) is 2.43. The molecular formula is C18H20N4O6S2. The number of anilines is 2. The monoisotopic (exact) mass is 452 g/mol. The van der Waals surface area contributed by atoms with Crippen molar-refractivity contribution in [3.8, 4) is 5.75 Å². The van der Waals surface area contributed by atoms with Gasteiger partial charge in [0.2, 0.25) is 10.0 Å². The summed E-state index contributed by atoms with van der Waals surface area (Å²) >= 11 is 5.22. The van der Waals surface area contributed by atoms with Gasteiger partial charge in [-0.2, -0.15) is 4.31 Å². The molecular weight excluding hydrogens is 432 g/mol. The van der Waals surface area contributed by atoms with Crippen molar-refractivity contribution < 1.29 is 22.8 Å². The molecule has 2 aromatic carbocycles. The van der Waals surface area contributed by atoms with Crippen LogP contribution >= 0.6 is 12.2 Å². The largest absolute Gasteiger partial charge is 0.496 e. The number of ether oxygens (including phenoxy) is 2. The number of nitro benzene ring substituents is 1. The lowest BCUT2D eigenvalue weighted by atomic mass is 10.2. The first kappa shape index (κ1) is 21.9. The van der Waals surface area contributed by atoms with Crippen molar-refractivity contribution in [1.82, 2.24) is 4.31 Å². The molecule has 12 heteroatoms. The second kappa shape index (κ2) is 9.34. The third-order valence-electron chi connectivity index (χ3n) is 4.37. The summed E-state index contributed by atoms with van der Waals surface area (Å²) in [5, 5.41) is 17.0. The van der Waals surface area contributed by atoms with Crippen molar-refractivity contribution in [2.75, 3.05) is 44.0 Å². The van der Waals surface area contributed by atoms with E-state index in [4.69, 9.17) is 21.7 Å². The maximum atomic E-state index is 12.7. The molecule has 1 fully saturated rings. The fourth-order valence-corrected chi connectivity index (χ4v) is 4.46. The van der Waals surface area contributed by atoms with E-state index in [9.17, 15) is 18.5 Å². The number of nitro groups is 1. The van der Waals surface area contributed by atoms with E-state index in [1.807, 2.05) is 0 Å². The number of thiocarbonyl (C=S) groups is 1. The summed E-state index contributed by atoms with van der Waals surface area (Å²) < 4.78 is 36.9. The molecule has 0 saturated carbocycles. The van der Waals surface area contributed by atoms with Gasteiger partial charge in [-0.25, -0.2) is 8.42 Å². The average molecular weight is 453 g/mol. The topological polar surface area (TPSA) is 123 Å². The number of nitrogens with one attached hydrogen (secondary N) is 2. The molecule has 0 radical (unpaired) electrons. The Morgan fingerprint density at radius 1 is 1.17 bits per heavy atom. The Morgan fingerprint density at radius 3 is 2.43 bits per heavy atom. The first-order valence-corrected chi connectivity index (χ1v) is 10.7. The van der Waals surface area contributed by atoms with Crippen LogP contribution in [0.15, 0.2) is 47.4 Å². The van der Waals surface area contributed by atoms with Crippen molar-refractivity contribution in [3.63, 3.8) is 0 Å². The normalized spacial score (nSPS) is 14.7. The molecule has 160 valence electrons. The number of hydrogen-bond acceptors (Lipinski definition) is 7. The van der Waals surface area contributed by atoms with E-state index in [0.717, 1.165) is 0 Å².